The van der Waals surface area contributed by atoms with Gasteiger partial charge in [-0.15, -0.1) is 0 Å². The zero-order valence-electron chi connectivity index (χ0n) is 14.7. The number of carbonyl (C=O) groups excluding carboxylic acids is 1. The number of carboxylic acids is 3. The van der Waals surface area contributed by atoms with E-state index in [1.54, 1.807) is 6.07 Å². The molecule has 0 saturated heterocycles. The highest BCUT2D eigenvalue weighted by Gasteiger charge is 2.26. The van der Waals surface area contributed by atoms with Crippen LogP contribution in [0.3, 0.4) is 0 Å². The van der Waals surface area contributed by atoms with Crippen molar-refractivity contribution in [1.29, 1.82) is 0 Å². The standard InChI is InChI=1S/C18H23NO7/c1-10-3-4-12(7-11(10)2)8-13(17(23)24)9-15(20)19-14(18(25)26)5-6-16(21)22/h3-4,7,13-14H,5-6,8-9H2,1-2H3,(H,19,20)(H,21,22)(H,23,24)(H,25,26). The topological polar surface area (TPSA) is 141 Å². The fourth-order valence-corrected chi connectivity index (χ4v) is 2.46. The van der Waals surface area contributed by atoms with E-state index in [1.165, 1.54) is 0 Å². The number of amides is 1. The molecule has 0 bridgehead atoms. The molecule has 8 nitrogen and oxygen atoms in total. The summed E-state index contributed by atoms with van der Waals surface area (Å²) in [5, 5.41) is 29.2. The number of rotatable bonds is 10. The Balaban J connectivity index is 2.74. The highest BCUT2D eigenvalue weighted by molar-refractivity contribution is 5.86. The lowest BCUT2D eigenvalue weighted by Gasteiger charge is -2.17. The Morgan fingerprint density at radius 2 is 1.65 bits per heavy atom. The van der Waals surface area contributed by atoms with Crippen molar-refractivity contribution in [2.24, 2.45) is 5.92 Å². The summed E-state index contributed by atoms with van der Waals surface area (Å²) in [5.41, 5.74) is 2.85. The van der Waals surface area contributed by atoms with Crippen molar-refractivity contribution in [1.82, 2.24) is 5.32 Å². The summed E-state index contributed by atoms with van der Waals surface area (Å²) in [6.45, 7) is 3.84. The number of aryl methyl sites for hydroxylation is 2. The molecule has 0 saturated carbocycles. The average molecular weight is 365 g/mol. The third-order valence-electron chi connectivity index (χ3n) is 4.11. The second kappa shape index (κ2) is 9.55. The zero-order chi connectivity index (χ0) is 19.9. The van der Waals surface area contributed by atoms with Crippen LogP contribution in [0.25, 0.3) is 0 Å². The van der Waals surface area contributed by atoms with Crippen molar-refractivity contribution >= 4 is 23.8 Å². The molecule has 0 aliphatic heterocycles. The largest absolute Gasteiger partial charge is 0.481 e. The normalized spacial score (nSPS) is 12.8. The van der Waals surface area contributed by atoms with Crippen molar-refractivity contribution in [3.05, 3.63) is 34.9 Å². The van der Waals surface area contributed by atoms with E-state index in [0.717, 1.165) is 16.7 Å². The maximum atomic E-state index is 12.0. The first-order valence-corrected chi connectivity index (χ1v) is 8.13. The number of carbonyl (C=O) groups is 4. The maximum absolute atomic E-state index is 12.0. The predicted octanol–water partition coefficient (Wildman–Crippen LogP) is 1.37. The first-order valence-electron chi connectivity index (χ1n) is 8.13. The van der Waals surface area contributed by atoms with E-state index in [0.29, 0.717) is 0 Å². The molecule has 0 aliphatic rings. The monoisotopic (exact) mass is 365 g/mol. The Kier molecular flexibility index (Phi) is 7.77. The van der Waals surface area contributed by atoms with E-state index in [1.807, 2.05) is 26.0 Å². The minimum Gasteiger partial charge on any atom is -0.481 e. The van der Waals surface area contributed by atoms with E-state index < -0.39 is 42.2 Å². The van der Waals surface area contributed by atoms with Crippen LogP contribution in [0.1, 0.15) is 36.0 Å². The molecule has 2 atom stereocenters. The van der Waals surface area contributed by atoms with Gasteiger partial charge in [-0.05, 0) is 43.4 Å². The smallest absolute Gasteiger partial charge is 0.326 e. The molecule has 1 rings (SSSR count). The summed E-state index contributed by atoms with van der Waals surface area (Å²) < 4.78 is 0. The van der Waals surface area contributed by atoms with Crippen LogP contribution in [-0.4, -0.2) is 45.2 Å². The fourth-order valence-electron chi connectivity index (χ4n) is 2.46. The van der Waals surface area contributed by atoms with Gasteiger partial charge < -0.3 is 20.6 Å². The second-order valence-electron chi connectivity index (χ2n) is 6.25. The summed E-state index contributed by atoms with van der Waals surface area (Å²) in [6, 6.07) is 4.16. The minimum absolute atomic E-state index is 0.136. The Bertz CT molecular complexity index is 699. The van der Waals surface area contributed by atoms with Gasteiger partial charge in [-0.25, -0.2) is 4.79 Å². The molecule has 1 aromatic carbocycles. The molecule has 4 N–H and O–H groups in total. The molecule has 0 spiro atoms. The van der Waals surface area contributed by atoms with Crippen LogP contribution in [0.4, 0.5) is 0 Å². The zero-order valence-corrected chi connectivity index (χ0v) is 14.7. The van der Waals surface area contributed by atoms with Crippen molar-refractivity contribution in [2.45, 2.75) is 45.6 Å². The maximum Gasteiger partial charge on any atom is 0.326 e. The summed E-state index contributed by atoms with van der Waals surface area (Å²) in [6.07, 6.45) is -0.941. The molecule has 0 fully saturated rings. The van der Waals surface area contributed by atoms with E-state index in [9.17, 15) is 24.3 Å². The molecule has 2 unspecified atom stereocenters. The van der Waals surface area contributed by atoms with Crippen LogP contribution < -0.4 is 5.32 Å². The van der Waals surface area contributed by atoms with Crippen molar-refractivity contribution < 1.29 is 34.5 Å². The molecule has 0 heterocycles. The second-order valence-corrected chi connectivity index (χ2v) is 6.25. The Morgan fingerprint density at radius 3 is 2.15 bits per heavy atom. The van der Waals surface area contributed by atoms with Crippen LogP contribution in [0.5, 0.6) is 0 Å². The lowest BCUT2D eigenvalue weighted by Crippen LogP contribution is -2.42. The van der Waals surface area contributed by atoms with Gasteiger partial charge >= 0.3 is 17.9 Å². The first kappa shape index (κ1) is 21.1. The lowest BCUT2D eigenvalue weighted by molar-refractivity contribution is -0.145. The summed E-state index contributed by atoms with van der Waals surface area (Å²) in [4.78, 5) is 45.1. The highest BCUT2D eigenvalue weighted by atomic mass is 16.4. The summed E-state index contributed by atoms with van der Waals surface area (Å²) >= 11 is 0. The van der Waals surface area contributed by atoms with E-state index in [2.05, 4.69) is 5.32 Å². The Morgan fingerprint density at radius 1 is 1.00 bits per heavy atom. The van der Waals surface area contributed by atoms with E-state index in [-0.39, 0.29) is 19.3 Å². The number of carboxylic acid groups (broad SMARTS) is 3. The van der Waals surface area contributed by atoms with Gasteiger partial charge in [0.2, 0.25) is 5.91 Å². The van der Waals surface area contributed by atoms with Crippen molar-refractivity contribution in [3.63, 3.8) is 0 Å². The molecule has 1 aromatic rings. The van der Waals surface area contributed by atoms with E-state index >= 15 is 0 Å². The number of aliphatic carboxylic acids is 3. The Hall–Kier alpha value is -2.90. The molecule has 0 aliphatic carbocycles. The van der Waals surface area contributed by atoms with Gasteiger partial charge in [0, 0.05) is 12.8 Å². The van der Waals surface area contributed by atoms with Gasteiger partial charge in [0.25, 0.3) is 0 Å². The quantitative estimate of drug-likeness (QED) is 0.491. The molecule has 26 heavy (non-hydrogen) atoms. The van der Waals surface area contributed by atoms with Crippen LogP contribution in [0.15, 0.2) is 18.2 Å². The van der Waals surface area contributed by atoms with E-state index in [4.69, 9.17) is 10.2 Å². The first-order chi connectivity index (χ1) is 12.1. The summed E-state index contributed by atoms with van der Waals surface area (Å²) in [7, 11) is 0. The Labute approximate surface area is 150 Å². The summed E-state index contributed by atoms with van der Waals surface area (Å²) in [5.74, 6) is -5.44. The van der Waals surface area contributed by atoms with Gasteiger partial charge in [0.1, 0.15) is 6.04 Å². The molecular weight excluding hydrogens is 342 g/mol. The lowest BCUT2D eigenvalue weighted by atomic mass is 9.94. The predicted molar refractivity (Wildman–Crippen MR) is 91.8 cm³/mol. The van der Waals surface area contributed by atoms with Crippen LogP contribution in [0, 0.1) is 19.8 Å². The van der Waals surface area contributed by atoms with Crippen molar-refractivity contribution in [3.8, 4) is 0 Å². The number of hydrogen-bond acceptors (Lipinski definition) is 4. The van der Waals surface area contributed by atoms with Gasteiger partial charge in [-0.3, -0.25) is 14.4 Å². The minimum atomic E-state index is -1.37. The number of benzene rings is 1. The van der Waals surface area contributed by atoms with Crippen molar-refractivity contribution in [2.75, 3.05) is 0 Å². The number of hydrogen-bond donors (Lipinski definition) is 4. The van der Waals surface area contributed by atoms with Gasteiger partial charge in [0.05, 0.1) is 5.92 Å². The SMILES string of the molecule is Cc1ccc(CC(CC(=O)NC(CCC(=O)O)C(=O)O)C(=O)O)cc1C. The highest BCUT2D eigenvalue weighted by Crippen LogP contribution is 2.17. The van der Waals surface area contributed by atoms with Crippen LogP contribution in [0.2, 0.25) is 0 Å². The molecule has 0 radical (unpaired) electrons. The average Bonchev–Trinajstić information content (AvgIpc) is 2.53. The third kappa shape index (κ3) is 6.92. The molecular formula is C18H23NO7. The van der Waals surface area contributed by atoms with Gasteiger partial charge in [0.15, 0.2) is 0 Å². The molecule has 8 heteroatoms. The van der Waals surface area contributed by atoms with Gasteiger partial charge in [-0.1, -0.05) is 18.2 Å². The molecule has 0 aromatic heterocycles. The molecule has 1 amide bonds. The van der Waals surface area contributed by atoms with Gasteiger partial charge in [-0.2, -0.15) is 0 Å². The van der Waals surface area contributed by atoms with Crippen LogP contribution in [-0.2, 0) is 25.6 Å². The third-order valence-corrected chi connectivity index (χ3v) is 4.11. The fraction of sp³-hybridized carbons (Fsp3) is 0.444. The number of nitrogens with one attached hydrogen (secondary N) is 1. The van der Waals surface area contributed by atoms with Crippen LogP contribution >= 0.6 is 0 Å². The molecule has 142 valence electrons.